The van der Waals surface area contributed by atoms with Crippen LogP contribution in [0.1, 0.15) is 25.5 Å². The van der Waals surface area contributed by atoms with Crippen LogP contribution in [0.5, 0.6) is 5.75 Å². The number of phenols is 1. The minimum atomic E-state index is -0.798. The molecule has 0 fully saturated rings. The number of rotatable bonds is 3. The Balaban J connectivity index is 2.71. The molecule has 0 heterocycles. The monoisotopic (exact) mass is 209 g/mol. The van der Waals surface area contributed by atoms with E-state index in [1.165, 1.54) is 12.1 Å². The van der Waals surface area contributed by atoms with Crippen molar-refractivity contribution < 1.29 is 14.6 Å². The van der Waals surface area contributed by atoms with Gasteiger partial charge in [0.1, 0.15) is 11.8 Å². The maximum absolute atomic E-state index is 11.4. The summed E-state index contributed by atoms with van der Waals surface area (Å²) in [5.41, 5.74) is 6.30. The van der Waals surface area contributed by atoms with E-state index in [1.807, 2.05) is 0 Å². The van der Waals surface area contributed by atoms with E-state index in [0.29, 0.717) is 5.56 Å². The number of benzene rings is 1. The Morgan fingerprint density at radius 1 is 1.33 bits per heavy atom. The zero-order valence-corrected chi connectivity index (χ0v) is 8.81. The van der Waals surface area contributed by atoms with Crippen molar-refractivity contribution in [2.45, 2.75) is 26.0 Å². The molecule has 0 amide bonds. The standard InChI is InChI=1S/C11H15NO3/c1-7(2)15-11(14)10(12)8-3-5-9(13)6-4-8/h3-7,10,13H,12H2,1-2H3/t10-/m0/s1. The molecule has 0 aliphatic rings. The normalized spacial score (nSPS) is 12.5. The van der Waals surface area contributed by atoms with Crippen LogP contribution < -0.4 is 5.73 Å². The second-order valence-corrected chi connectivity index (χ2v) is 3.55. The van der Waals surface area contributed by atoms with Crippen molar-refractivity contribution >= 4 is 5.97 Å². The first-order valence-electron chi connectivity index (χ1n) is 4.75. The van der Waals surface area contributed by atoms with Crippen LogP contribution in [0.3, 0.4) is 0 Å². The minimum absolute atomic E-state index is 0.142. The molecule has 0 saturated heterocycles. The summed E-state index contributed by atoms with van der Waals surface area (Å²) in [7, 11) is 0. The first-order valence-corrected chi connectivity index (χ1v) is 4.75. The maximum Gasteiger partial charge on any atom is 0.327 e. The van der Waals surface area contributed by atoms with E-state index >= 15 is 0 Å². The van der Waals surface area contributed by atoms with Gasteiger partial charge in [0.2, 0.25) is 0 Å². The number of esters is 1. The fourth-order valence-electron chi connectivity index (χ4n) is 1.12. The van der Waals surface area contributed by atoms with E-state index in [9.17, 15) is 4.79 Å². The van der Waals surface area contributed by atoms with Crippen molar-refractivity contribution in [1.29, 1.82) is 0 Å². The lowest BCUT2D eigenvalue weighted by Crippen LogP contribution is -2.25. The van der Waals surface area contributed by atoms with Crippen molar-refractivity contribution in [1.82, 2.24) is 0 Å². The second kappa shape index (κ2) is 4.79. The molecule has 0 bridgehead atoms. The fourth-order valence-corrected chi connectivity index (χ4v) is 1.12. The first-order chi connectivity index (χ1) is 7.00. The Bertz CT molecular complexity index is 332. The average molecular weight is 209 g/mol. The van der Waals surface area contributed by atoms with E-state index in [4.69, 9.17) is 15.6 Å². The Morgan fingerprint density at radius 2 is 1.87 bits per heavy atom. The van der Waals surface area contributed by atoms with Crippen LogP contribution in [0.4, 0.5) is 0 Å². The van der Waals surface area contributed by atoms with Gasteiger partial charge in [-0.2, -0.15) is 0 Å². The number of hydrogen-bond acceptors (Lipinski definition) is 4. The van der Waals surface area contributed by atoms with Crippen LogP contribution >= 0.6 is 0 Å². The third kappa shape index (κ3) is 3.25. The van der Waals surface area contributed by atoms with Crippen LogP contribution in [0, 0.1) is 0 Å². The van der Waals surface area contributed by atoms with E-state index in [0.717, 1.165) is 0 Å². The molecule has 1 atom stereocenters. The van der Waals surface area contributed by atoms with Crippen LogP contribution in [0.2, 0.25) is 0 Å². The number of hydrogen-bond donors (Lipinski definition) is 2. The average Bonchev–Trinajstić information content (AvgIpc) is 2.17. The van der Waals surface area contributed by atoms with Gasteiger partial charge in [0.05, 0.1) is 6.10 Å². The van der Waals surface area contributed by atoms with Gasteiger partial charge in [-0.1, -0.05) is 12.1 Å². The van der Waals surface area contributed by atoms with E-state index in [2.05, 4.69) is 0 Å². The van der Waals surface area contributed by atoms with Gasteiger partial charge in [0.15, 0.2) is 0 Å². The smallest absolute Gasteiger partial charge is 0.327 e. The van der Waals surface area contributed by atoms with E-state index < -0.39 is 12.0 Å². The lowest BCUT2D eigenvalue weighted by molar-refractivity contribution is -0.149. The van der Waals surface area contributed by atoms with Gasteiger partial charge in [-0.25, -0.2) is 4.79 Å². The number of carbonyl (C=O) groups excluding carboxylic acids is 1. The lowest BCUT2D eigenvalue weighted by atomic mass is 10.1. The van der Waals surface area contributed by atoms with Gasteiger partial charge in [-0.15, -0.1) is 0 Å². The molecule has 1 aromatic carbocycles. The highest BCUT2D eigenvalue weighted by Crippen LogP contribution is 2.16. The summed E-state index contributed by atoms with van der Waals surface area (Å²) in [5.74, 6) is -0.320. The van der Waals surface area contributed by atoms with Gasteiger partial charge in [0.25, 0.3) is 0 Å². The van der Waals surface area contributed by atoms with Crippen molar-refractivity contribution in [2.24, 2.45) is 5.73 Å². The fraction of sp³-hybridized carbons (Fsp3) is 0.364. The number of aromatic hydroxyl groups is 1. The predicted molar refractivity (Wildman–Crippen MR) is 56.3 cm³/mol. The second-order valence-electron chi connectivity index (χ2n) is 3.55. The third-order valence-electron chi connectivity index (χ3n) is 1.86. The first kappa shape index (κ1) is 11.5. The van der Waals surface area contributed by atoms with E-state index in [1.54, 1.807) is 26.0 Å². The number of nitrogens with two attached hydrogens (primary N) is 1. The highest BCUT2D eigenvalue weighted by Gasteiger charge is 2.18. The number of ether oxygens (including phenoxy) is 1. The molecule has 0 saturated carbocycles. The molecular weight excluding hydrogens is 194 g/mol. The van der Waals surface area contributed by atoms with Crippen molar-refractivity contribution in [3.8, 4) is 5.75 Å². The SMILES string of the molecule is CC(C)OC(=O)[C@@H](N)c1ccc(O)cc1. The molecule has 1 aromatic rings. The zero-order chi connectivity index (χ0) is 11.4. The van der Waals surface area contributed by atoms with Gasteiger partial charge < -0.3 is 15.6 Å². The highest BCUT2D eigenvalue weighted by atomic mass is 16.5. The maximum atomic E-state index is 11.4. The summed E-state index contributed by atoms with van der Waals surface area (Å²) in [5, 5.41) is 9.07. The summed E-state index contributed by atoms with van der Waals surface area (Å²) < 4.78 is 4.97. The Hall–Kier alpha value is -1.55. The van der Waals surface area contributed by atoms with Crippen molar-refractivity contribution in [2.75, 3.05) is 0 Å². The molecule has 0 aliphatic carbocycles. The van der Waals surface area contributed by atoms with Crippen LogP contribution in [-0.4, -0.2) is 17.2 Å². The summed E-state index contributed by atoms with van der Waals surface area (Å²) >= 11 is 0. The highest BCUT2D eigenvalue weighted by molar-refractivity contribution is 5.77. The predicted octanol–water partition coefficient (Wildman–Crippen LogP) is 1.34. The van der Waals surface area contributed by atoms with Gasteiger partial charge in [-0.05, 0) is 31.5 Å². The summed E-state index contributed by atoms with van der Waals surface area (Å²) in [6.07, 6.45) is -0.180. The molecule has 4 nitrogen and oxygen atoms in total. The van der Waals surface area contributed by atoms with Crippen LogP contribution in [0.15, 0.2) is 24.3 Å². The van der Waals surface area contributed by atoms with E-state index in [-0.39, 0.29) is 11.9 Å². The molecule has 0 aromatic heterocycles. The minimum Gasteiger partial charge on any atom is -0.508 e. The van der Waals surface area contributed by atoms with Crippen molar-refractivity contribution in [3.63, 3.8) is 0 Å². The molecule has 1 rings (SSSR count). The Kier molecular flexibility index (Phi) is 3.68. The third-order valence-corrected chi connectivity index (χ3v) is 1.86. The summed E-state index contributed by atoms with van der Waals surface area (Å²) in [4.78, 5) is 11.4. The quantitative estimate of drug-likeness (QED) is 0.737. The Labute approximate surface area is 88.7 Å². The molecule has 0 unspecified atom stereocenters. The van der Waals surface area contributed by atoms with Gasteiger partial charge in [-0.3, -0.25) is 0 Å². The molecular formula is C11H15NO3. The summed E-state index contributed by atoms with van der Waals surface area (Å²) in [6, 6.07) is 5.37. The molecule has 15 heavy (non-hydrogen) atoms. The van der Waals surface area contributed by atoms with Crippen LogP contribution in [-0.2, 0) is 9.53 Å². The van der Waals surface area contributed by atoms with Crippen LogP contribution in [0.25, 0.3) is 0 Å². The molecule has 0 spiro atoms. The number of phenolic OH excluding ortho intramolecular Hbond substituents is 1. The lowest BCUT2D eigenvalue weighted by Gasteiger charge is -2.13. The Morgan fingerprint density at radius 3 is 2.33 bits per heavy atom. The molecule has 0 aliphatic heterocycles. The molecule has 3 N–H and O–H groups in total. The summed E-state index contributed by atoms with van der Waals surface area (Å²) in [6.45, 7) is 3.53. The molecule has 82 valence electrons. The number of carbonyl (C=O) groups is 1. The topological polar surface area (TPSA) is 72.5 Å². The molecule has 0 radical (unpaired) electrons. The largest absolute Gasteiger partial charge is 0.508 e. The van der Waals surface area contributed by atoms with Gasteiger partial charge >= 0.3 is 5.97 Å². The van der Waals surface area contributed by atoms with Crippen molar-refractivity contribution in [3.05, 3.63) is 29.8 Å². The zero-order valence-electron chi connectivity index (χ0n) is 8.81. The molecule has 4 heteroatoms. The van der Waals surface area contributed by atoms with Gasteiger partial charge in [0, 0.05) is 0 Å².